The second-order valence-electron chi connectivity index (χ2n) is 8.95. The fourth-order valence-corrected chi connectivity index (χ4v) is 5.55. The van der Waals surface area contributed by atoms with E-state index < -0.39 is 35.1 Å². The van der Waals surface area contributed by atoms with Crippen LogP contribution in [0.2, 0.25) is 0 Å². The number of carbonyl (C=O) groups is 3. The monoisotopic (exact) mass is 446 g/mol. The maximum absolute atomic E-state index is 13.5. The smallest absolute Gasteiger partial charge is 0.196 e. The molecule has 0 aliphatic heterocycles. The highest BCUT2D eigenvalue weighted by Crippen LogP contribution is 2.50. The summed E-state index contributed by atoms with van der Waals surface area (Å²) in [5.74, 6) is -3.83. The summed E-state index contributed by atoms with van der Waals surface area (Å²) in [5.41, 5.74) is 1.95. The molecule has 0 saturated heterocycles. The van der Waals surface area contributed by atoms with Crippen molar-refractivity contribution >= 4 is 17.3 Å². The minimum absolute atomic E-state index is 0.0822. The summed E-state index contributed by atoms with van der Waals surface area (Å²) in [5, 5.41) is 31.9. The van der Waals surface area contributed by atoms with Gasteiger partial charge in [-0.15, -0.1) is 0 Å². The van der Waals surface area contributed by atoms with Crippen LogP contribution in [0, 0.1) is 24.7 Å². The molecule has 1 heterocycles. The molecule has 1 unspecified atom stereocenters. The number of ketones is 3. The number of aliphatic hydroxyl groups excluding tert-OH is 2. The Morgan fingerprint density at radius 3 is 2.42 bits per heavy atom. The van der Waals surface area contributed by atoms with Crippen LogP contribution in [0.15, 0.2) is 47.2 Å². The largest absolute Gasteiger partial charge is 0.511 e. The van der Waals surface area contributed by atoms with Crippen LogP contribution in [-0.4, -0.2) is 42.6 Å². The fraction of sp³-hybridized carbons (Fsp3) is 0.320. The first-order valence-corrected chi connectivity index (χ1v) is 10.8. The van der Waals surface area contributed by atoms with Crippen LogP contribution in [0.3, 0.4) is 0 Å². The molecule has 33 heavy (non-hydrogen) atoms. The molecule has 3 aliphatic rings. The summed E-state index contributed by atoms with van der Waals surface area (Å²) < 4.78 is 0. The van der Waals surface area contributed by atoms with E-state index in [1.54, 1.807) is 25.4 Å². The molecule has 0 saturated carbocycles. The third kappa shape index (κ3) is 3.08. The van der Waals surface area contributed by atoms with E-state index in [2.05, 4.69) is 9.97 Å². The number of allylic oxidation sites excluding steroid dienone is 4. The topological polar surface area (TPSA) is 138 Å². The lowest BCUT2D eigenvalue weighted by Crippen LogP contribution is -2.42. The van der Waals surface area contributed by atoms with Crippen LogP contribution in [0.25, 0.3) is 11.1 Å². The number of aliphatic hydroxyl groups is 2. The van der Waals surface area contributed by atoms with Crippen LogP contribution in [0.1, 0.15) is 41.5 Å². The van der Waals surface area contributed by atoms with Crippen molar-refractivity contribution in [3.05, 3.63) is 64.1 Å². The first-order valence-electron chi connectivity index (χ1n) is 10.8. The quantitative estimate of drug-likeness (QED) is 0.597. The van der Waals surface area contributed by atoms with Crippen molar-refractivity contribution in [3.8, 4) is 16.9 Å². The third-order valence-corrected chi connectivity index (χ3v) is 6.97. The first-order chi connectivity index (χ1) is 15.7. The number of nitrogens with zero attached hydrogens (tertiary/aromatic N) is 2. The molecule has 0 amide bonds. The molecule has 1 aromatic heterocycles. The van der Waals surface area contributed by atoms with Crippen molar-refractivity contribution in [2.75, 3.05) is 0 Å². The number of aromatic nitrogens is 2. The first kappa shape index (κ1) is 21.1. The highest BCUT2D eigenvalue weighted by atomic mass is 16.3. The number of hydrogen-bond donors (Lipinski definition) is 3. The molecule has 0 fully saturated rings. The highest BCUT2D eigenvalue weighted by Gasteiger charge is 2.50. The van der Waals surface area contributed by atoms with Crippen molar-refractivity contribution in [2.45, 2.75) is 33.1 Å². The van der Waals surface area contributed by atoms with Gasteiger partial charge < -0.3 is 15.3 Å². The zero-order valence-electron chi connectivity index (χ0n) is 18.1. The summed E-state index contributed by atoms with van der Waals surface area (Å²) in [7, 11) is 0. The van der Waals surface area contributed by atoms with E-state index >= 15 is 0 Å². The third-order valence-electron chi connectivity index (χ3n) is 6.97. The Bertz CT molecular complexity index is 1300. The molecular formula is C25H22N2O6. The lowest BCUT2D eigenvalue weighted by atomic mass is 9.62. The normalized spacial score (nSPS) is 24.4. The molecule has 2 aromatic rings. The maximum atomic E-state index is 13.5. The molecule has 0 radical (unpaired) electrons. The number of aryl methyl sites for hydroxylation is 1. The summed E-state index contributed by atoms with van der Waals surface area (Å²) in [6.45, 7) is 2.96. The molecule has 0 spiro atoms. The van der Waals surface area contributed by atoms with Crippen LogP contribution in [-0.2, 0) is 16.0 Å². The molecule has 3 N–H and O–H groups in total. The van der Waals surface area contributed by atoms with Gasteiger partial charge in [-0.1, -0.05) is 6.07 Å². The van der Waals surface area contributed by atoms with Gasteiger partial charge in [0.25, 0.3) is 0 Å². The zero-order valence-corrected chi connectivity index (χ0v) is 18.1. The number of carbonyl (C=O) groups excluding carboxylic acids is 3. The molecular weight excluding hydrogens is 424 g/mol. The lowest BCUT2D eigenvalue weighted by molar-refractivity contribution is -0.125. The minimum atomic E-state index is -1.05. The lowest BCUT2D eigenvalue weighted by Gasteiger charge is -2.41. The Kier molecular flexibility index (Phi) is 4.70. The Labute approximate surface area is 189 Å². The maximum Gasteiger partial charge on any atom is 0.196 e. The van der Waals surface area contributed by atoms with Crippen LogP contribution < -0.4 is 0 Å². The van der Waals surface area contributed by atoms with Crippen molar-refractivity contribution in [2.24, 2.45) is 17.8 Å². The molecule has 168 valence electrons. The fourth-order valence-electron chi connectivity index (χ4n) is 5.55. The Balaban J connectivity index is 1.64. The van der Waals surface area contributed by atoms with Gasteiger partial charge in [0.1, 0.15) is 23.1 Å². The van der Waals surface area contributed by atoms with Crippen molar-refractivity contribution in [1.29, 1.82) is 0 Å². The predicted molar refractivity (Wildman–Crippen MR) is 117 cm³/mol. The SMILES string of the molecule is CC(=O)C1=C(O)C[C@@H]2C[C@@H]3Cc4c(-c5cnc(C)nc5)ccc(O)c4C(=O)C3=C(O)C2C1=O. The number of phenolic OH excluding ortho intramolecular Hbond substituents is 1. The van der Waals surface area contributed by atoms with E-state index in [0.717, 1.165) is 5.56 Å². The average Bonchev–Trinajstić information content (AvgIpc) is 2.74. The highest BCUT2D eigenvalue weighted by molar-refractivity contribution is 6.22. The van der Waals surface area contributed by atoms with E-state index in [9.17, 15) is 29.7 Å². The van der Waals surface area contributed by atoms with Crippen molar-refractivity contribution in [1.82, 2.24) is 9.97 Å². The van der Waals surface area contributed by atoms with Gasteiger partial charge in [-0.3, -0.25) is 14.4 Å². The van der Waals surface area contributed by atoms with Crippen LogP contribution in [0.5, 0.6) is 5.75 Å². The van der Waals surface area contributed by atoms with Crippen molar-refractivity contribution < 1.29 is 29.7 Å². The van der Waals surface area contributed by atoms with Crippen molar-refractivity contribution in [3.63, 3.8) is 0 Å². The zero-order chi connectivity index (χ0) is 23.6. The summed E-state index contributed by atoms with van der Waals surface area (Å²) in [6.07, 6.45) is 4.14. The standard InChI is InChI=1S/C25H22N2O6/c1-10(28)19-18(30)7-13-5-12-6-16-15(14-8-26-11(2)27-9-14)3-4-17(29)22(16)25(33)20(12)24(32)21(13)23(19)31/h3-4,8-9,12-13,21,29-30,32H,5-7H2,1-2H3/t12-,13+,21?/m1/s1. The molecule has 0 bridgehead atoms. The van der Waals surface area contributed by atoms with E-state index in [0.29, 0.717) is 29.8 Å². The number of Topliss-reactive ketones (excluding diaryl/α,β-unsaturated/α-hetero) is 3. The number of aromatic hydroxyl groups is 1. The second kappa shape index (κ2) is 7.37. The summed E-state index contributed by atoms with van der Waals surface area (Å²) >= 11 is 0. The van der Waals surface area contributed by atoms with E-state index in [1.165, 1.54) is 13.0 Å². The molecule has 1 aromatic carbocycles. The van der Waals surface area contributed by atoms with Gasteiger partial charge in [0, 0.05) is 30.0 Å². The summed E-state index contributed by atoms with van der Waals surface area (Å²) in [6, 6.07) is 3.14. The summed E-state index contributed by atoms with van der Waals surface area (Å²) in [4.78, 5) is 46.9. The van der Waals surface area contributed by atoms with E-state index in [-0.39, 0.29) is 40.4 Å². The Morgan fingerprint density at radius 1 is 1.06 bits per heavy atom. The molecule has 3 aliphatic carbocycles. The second-order valence-corrected chi connectivity index (χ2v) is 8.95. The molecule has 3 atom stereocenters. The number of benzene rings is 1. The van der Waals surface area contributed by atoms with Gasteiger partial charge in [0.05, 0.1) is 17.1 Å². The van der Waals surface area contributed by atoms with Gasteiger partial charge in [0.2, 0.25) is 0 Å². The average molecular weight is 446 g/mol. The van der Waals surface area contributed by atoms with Gasteiger partial charge in [0.15, 0.2) is 17.3 Å². The minimum Gasteiger partial charge on any atom is -0.511 e. The Hall–Kier alpha value is -3.81. The van der Waals surface area contributed by atoms with Gasteiger partial charge >= 0.3 is 0 Å². The predicted octanol–water partition coefficient (Wildman–Crippen LogP) is 3.33. The molecule has 8 heteroatoms. The number of phenols is 1. The molecule has 8 nitrogen and oxygen atoms in total. The number of hydrogen-bond acceptors (Lipinski definition) is 8. The van der Waals surface area contributed by atoms with Gasteiger partial charge in [-0.25, -0.2) is 9.97 Å². The van der Waals surface area contributed by atoms with Gasteiger partial charge in [-0.05, 0) is 55.7 Å². The van der Waals surface area contributed by atoms with Crippen LogP contribution in [0.4, 0.5) is 0 Å². The number of fused-ring (bicyclic) bond motifs is 3. The number of rotatable bonds is 2. The van der Waals surface area contributed by atoms with Gasteiger partial charge in [-0.2, -0.15) is 0 Å². The molecule has 5 rings (SSSR count). The van der Waals surface area contributed by atoms with Crippen LogP contribution >= 0.6 is 0 Å². The Morgan fingerprint density at radius 2 is 1.76 bits per heavy atom. The van der Waals surface area contributed by atoms with E-state index in [4.69, 9.17) is 0 Å². The van der Waals surface area contributed by atoms with E-state index in [1.807, 2.05) is 0 Å².